The normalized spacial score (nSPS) is 17.2. The second kappa shape index (κ2) is 6.46. The average Bonchev–Trinajstić information content (AvgIpc) is 3.36. The van der Waals surface area contributed by atoms with Crippen molar-refractivity contribution in [3.05, 3.63) is 48.6 Å². The molecule has 4 heterocycles. The molecule has 0 spiro atoms. The first kappa shape index (κ1) is 15.5. The molecule has 1 atom stereocenters. The number of imidazole rings is 1. The van der Waals surface area contributed by atoms with Crippen LogP contribution in [-0.4, -0.2) is 48.6 Å². The Morgan fingerprint density at radius 1 is 1.32 bits per heavy atom. The van der Waals surface area contributed by atoms with Crippen LogP contribution in [0.5, 0.6) is 0 Å². The number of hydrogen-bond donors (Lipinski definition) is 0. The summed E-state index contributed by atoms with van der Waals surface area (Å²) in [7, 11) is 0. The molecule has 1 amide bonds. The smallest absolute Gasteiger partial charge is 0.242 e. The number of pyridine rings is 1. The Labute approximate surface area is 144 Å². The first-order valence-electron chi connectivity index (χ1n) is 8.20. The zero-order chi connectivity index (χ0) is 17.2. The molecule has 4 rings (SSSR count). The highest BCUT2D eigenvalue weighted by molar-refractivity contribution is 5.76. The molecule has 1 aliphatic rings. The first-order valence-corrected chi connectivity index (χ1v) is 8.20. The summed E-state index contributed by atoms with van der Waals surface area (Å²) >= 11 is 0. The molecule has 128 valence electrons. The number of carbonyl (C=O) groups is 1. The second-order valence-electron chi connectivity index (χ2n) is 6.12. The van der Waals surface area contributed by atoms with E-state index in [-0.39, 0.29) is 11.8 Å². The third-order valence-electron chi connectivity index (χ3n) is 4.50. The summed E-state index contributed by atoms with van der Waals surface area (Å²) in [6, 6.07) is 3.68. The molecule has 1 saturated heterocycles. The molecule has 8 heteroatoms. The van der Waals surface area contributed by atoms with E-state index < -0.39 is 0 Å². The van der Waals surface area contributed by atoms with Crippen molar-refractivity contribution in [3.63, 3.8) is 0 Å². The van der Waals surface area contributed by atoms with Gasteiger partial charge in [0, 0.05) is 43.4 Å². The highest BCUT2D eigenvalue weighted by Gasteiger charge is 2.31. The topological polar surface area (TPSA) is 89.9 Å². The summed E-state index contributed by atoms with van der Waals surface area (Å²) in [4.78, 5) is 26.9. The van der Waals surface area contributed by atoms with Crippen molar-refractivity contribution in [1.29, 1.82) is 0 Å². The zero-order valence-corrected chi connectivity index (χ0v) is 13.9. The van der Waals surface area contributed by atoms with Crippen molar-refractivity contribution in [2.45, 2.75) is 25.8 Å². The van der Waals surface area contributed by atoms with Crippen LogP contribution in [0.25, 0.3) is 11.4 Å². The van der Waals surface area contributed by atoms with E-state index in [4.69, 9.17) is 4.52 Å². The lowest BCUT2D eigenvalue weighted by molar-refractivity contribution is -0.130. The number of carbonyl (C=O) groups excluding carboxylic acids is 1. The third kappa shape index (κ3) is 3.15. The lowest BCUT2D eigenvalue weighted by Crippen LogP contribution is -2.31. The minimum absolute atomic E-state index is 0.0796. The molecule has 0 N–H and O–H groups in total. The lowest BCUT2D eigenvalue weighted by atomic mass is 10.1. The maximum Gasteiger partial charge on any atom is 0.242 e. The minimum Gasteiger partial charge on any atom is -0.340 e. The van der Waals surface area contributed by atoms with Crippen molar-refractivity contribution in [2.24, 2.45) is 0 Å². The fourth-order valence-electron chi connectivity index (χ4n) is 3.02. The van der Waals surface area contributed by atoms with Crippen LogP contribution in [0.2, 0.25) is 0 Å². The van der Waals surface area contributed by atoms with Crippen LogP contribution in [0.4, 0.5) is 0 Å². The summed E-state index contributed by atoms with van der Waals surface area (Å²) in [5, 5.41) is 4.04. The number of aromatic nitrogens is 5. The number of amides is 1. The van der Waals surface area contributed by atoms with Gasteiger partial charge in [-0.15, -0.1) is 0 Å². The fourth-order valence-corrected chi connectivity index (χ4v) is 3.02. The molecule has 0 bridgehead atoms. The summed E-state index contributed by atoms with van der Waals surface area (Å²) < 4.78 is 7.27. The van der Waals surface area contributed by atoms with Gasteiger partial charge < -0.3 is 14.0 Å². The van der Waals surface area contributed by atoms with Crippen molar-refractivity contribution >= 4 is 5.91 Å². The summed E-state index contributed by atoms with van der Waals surface area (Å²) in [6.07, 6.45) is 7.74. The molecule has 0 unspecified atom stereocenters. The van der Waals surface area contributed by atoms with Crippen molar-refractivity contribution in [3.8, 4) is 11.4 Å². The van der Waals surface area contributed by atoms with Crippen LogP contribution >= 0.6 is 0 Å². The SMILES string of the molecule is Cc1nccn1CC(=O)N1CC[C@@H](c2nc(-c3ccncc3)no2)C1. The molecule has 3 aromatic heterocycles. The molecule has 0 radical (unpaired) electrons. The number of rotatable bonds is 4. The maximum absolute atomic E-state index is 12.5. The van der Waals surface area contributed by atoms with E-state index in [2.05, 4.69) is 20.1 Å². The zero-order valence-electron chi connectivity index (χ0n) is 13.9. The van der Waals surface area contributed by atoms with E-state index in [0.29, 0.717) is 31.3 Å². The average molecular weight is 338 g/mol. The van der Waals surface area contributed by atoms with Gasteiger partial charge in [-0.2, -0.15) is 4.98 Å². The van der Waals surface area contributed by atoms with Gasteiger partial charge in [-0.3, -0.25) is 9.78 Å². The van der Waals surface area contributed by atoms with Gasteiger partial charge in [-0.1, -0.05) is 5.16 Å². The summed E-state index contributed by atoms with van der Waals surface area (Å²) in [5.41, 5.74) is 0.867. The van der Waals surface area contributed by atoms with Crippen LogP contribution in [0.15, 0.2) is 41.4 Å². The molecule has 0 saturated carbocycles. The Morgan fingerprint density at radius 3 is 2.92 bits per heavy atom. The number of aryl methyl sites for hydroxylation is 1. The predicted molar refractivity (Wildman–Crippen MR) is 88.4 cm³/mol. The Balaban J connectivity index is 1.42. The van der Waals surface area contributed by atoms with E-state index in [1.807, 2.05) is 34.7 Å². The molecular formula is C17H18N6O2. The monoisotopic (exact) mass is 338 g/mol. The molecule has 0 aromatic carbocycles. The van der Waals surface area contributed by atoms with E-state index in [1.165, 1.54) is 0 Å². The molecule has 3 aromatic rings. The van der Waals surface area contributed by atoms with Gasteiger partial charge in [-0.05, 0) is 25.5 Å². The standard InChI is InChI=1S/C17H18N6O2/c1-12-19-7-9-22(12)11-15(24)23-8-4-14(10-23)17-20-16(21-25-17)13-2-5-18-6-3-13/h2-3,5-7,9,14H,4,8,10-11H2,1H3/t14-/m1/s1. The molecule has 25 heavy (non-hydrogen) atoms. The molecule has 8 nitrogen and oxygen atoms in total. The Kier molecular flexibility index (Phi) is 4.01. The van der Waals surface area contributed by atoms with Gasteiger partial charge in [0.15, 0.2) is 0 Å². The van der Waals surface area contributed by atoms with Gasteiger partial charge in [0.1, 0.15) is 12.4 Å². The van der Waals surface area contributed by atoms with Crippen LogP contribution in [-0.2, 0) is 11.3 Å². The Morgan fingerprint density at radius 2 is 2.16 bits per heavy atom. The number of hydrogen-bond acceptors (Lipinski definition) is 6. The van der Waals surface area contributed by atoms with Crippen LogP contribution in [0.3, 0.4) is 0 Å². The third-order valence-corrected chi connectivity index (χ3v) is 4.50. The van der Waals surface area contributed by atoms with E-state index in [0.717, 1.165) is 17.8 Å². The predicted octanol–water partition coefficient (Wildman–Crippen LogP) is 1.65. The summed E-state index contributed by atoms with van der Waals surface area (Å²) in [5.74, 6) is 2.13. The van der Waals surface area contributed by atoms with Crippen molar-refractivity contribution in [1.82, 2.24) is 29.6 Å². The van der Waals surface area contributed by atoms with Gasteiger partial charge in [-0.25, -0.2) is 4.98 Å². The van der Waals surface area contributed by atoms with E-state index >= 15 is 0 Å². The largest absolute Gasteiger partial charge is 0.340 e. The highest BCUT2D eigenvalue weighted by atomic mass is 16.5. The van der Waals surface area contributed by atoms with Gasteiger partial charge in [0.2, 0.25) is 17.6 Å². The molecular weight excluding hydrogens is 320 g/mol. The maximum atomic E-state index is 12.5. The van der Waals surface area contributed by atoms with Crippen LogP contribution in [0, 0.1) is 6.92 Å². The minimum atomic E-state index is 0.0796. The van der Waals surface area contributed by atoms with E-state index in [1.54, 1.807) is 18.6 Å². The van der Waals surface area contributed by atoms with Crippen molar-refractivity contribution in [2.75, 3.05) is 13.1 Å². The number of nitrogens with zero attached hydrogens (tertiary/aromatic N) is 6. The molecule has 1 fully saturated rings. The Bertz CT molecular complexity index is 872. The van der Waals surface area contributed by atoms with Gasteiger partial charge in [0.05, 0.1) is 5.92 Å². The van der Waals surface area contributed by atoms with Crippen molar-refractivity contribution < 1.29 is 9.32 Å². The summed E-state index contributed by atoms with van der Waals surface area (Å²) in [6.45, 7) is 3.50. The highest BCUT2D eigenvalue weighted by Crippen LogP contribution is 2.27. The second-order valence-corrected chi connectivity index (χ2v) is 6.12. The quantitative estimate of drug-likeness (QED) is 0.718. The van der Waals surface area contributed by atoms with Gasteiger partial charge in [0.25, 0.3) is 0 Å². The molecule has 1 aliphatic heterocycles. The molecule has 0 aliphatic carbocycles. The Hall–Kier alpha value is -3.03. The van der Waals surface area contributed by atoms with Crippen LogP contribution < -0.4 is 0 Å². The van der Waals surface area contributed by atoms with Gasteiger partial charge >= 0.3 is 0 Å². The first-order chi connectivity index (χ1) is 12.2. The fraction of sp³-hybridized carbons (Fsp3) is 0.353. The number of likely N-dealkylation sites (tertiary alicyclic amines) is 1. The lowest BCUT2D eigenvalue weighted by Gasteiger charge is -2.16. The van der Waals surface area contributed by atoms with E-state index in [9.17, 15) is 4.79 Å². The van der Waals surface area contributed by atoms with Crippen LogP contribution in [0.1, 0.15) is 24.1 Å².